The van der Waals surface area contributed by atoms with Gasteiger partial charge in [-0.05, 0) is 12.1 Å². The highest BCUT2D eigenvalue weighted by Crippen LogP contribution is 2.34. The Morgan fingerprint density at radius 1 is 1.62 bits per heavy atom. The van der Waals surface area contributed by atoms with Crippen molar-refractivity contribution in [3.05, 3.63) is 33.3 Å². The number of halogens is 1. The summed E-state index contributed by atoms with van der Waals surface area (Å²) in [5.74, 6) is -1.07. The maximum absolute atomic E-state index is 10.8. The van der Waals surface area contributed by atoms with Gasteiger partial charge >= 0.3 is 11.7 Å². The fraction of sp³-hybridized carbons (Fsp3) is 0.222. The second-order valence-electron chi connectivity index (χ2n) is 3.11. The molecule has 0 bridgehead atoms. The fourth-order valence-corrected chi connectivity index (χ4v) is 1.52. The lowest BCUT2D eigenvalue weighted by Gasteiger charge is -2.16. The van der Waals surface area contributed by atoms with Crippen LogP contribution >= 0.6 is 11.6 Å². The summed E-state index contributed by atoms with van der Waals surface area (Å²) in [5, 5.41) is 19.4. The number of aliphatic carboxylic acids is 1. The van der Waals surface area contributed by atoms with Crippen LogP contribution < -0.4 is 4.90 Å². The van der Waals surface area contributed by atoms with Crippen molar-refractivity contribution in [2.75, 3.05) is 18.5 Å². The van der Waals surface area contributed by atoms with Gasteiger partial charge in [0, 0.05) is 7.05 Å². The van der Waals surface area contributed by atoms with Crippen molar-refractivity contribution in [2.24, 2.45) is 0 Å². The summed E-state index contributed by atoms with van der Waals surface area (Å²) < 4.78 is 0. The lowest BCUT2D eigenvalue weighted by Crippen LogP contribution is -2.25. The molecule has 1 rings (SSSR count). The van der Waals surface area contributed by atoms with E-state index < -0.39 is 10.9 Å². The monoisotopic (exact) mass is 244 g/mol. The molecule has 0 spiro atoms. The summed E-state index contributed by atoms with van der Waals surface area (Å²) in [5.41, 5.74) is -0.104. The van der Waals surface area contributed by atoms with Crippen molar-refractivity contribution < 1.29 is 14.8 Å². The number of hydrogen-bond acceptors (Lipinski definition) is 4. The summed E-state index contributed by atoms with van der Waals surface area (Å²) in [6.45, 7) is -0.332. The molecule has 0 fully saturated rings. The number of nitro benzene ring substituents is 1. The average Bonchev–Trinajstić information content (AvgIpc) is 2.15. The second kappa shape index (κ2) is 4.80. The molecule has 0 saturated heterocycles. The Labute approximate surface area is 96.2 Å². The van der Waals surface area contributed by atoms with Crippen molar-refractivity contribution in [3.8, 4) is 0 Å². The first kappa shape index (κ1) is 12.3. The Bertz CT molecular complexity index is 436. The third kappa shape index (κ3) is 2.60. The van der Waals surface area contributed by atoms with Gasteiger partial charge in [0.2, 0.25) is 0 Å². The zero-order valence-electron chi connectivity index (χ0n) is 8.38. The highest BCUT2D eigenvalue weighted by Gasteiger charge is 2.21. The van der Waals surface area contributed by atoms with Gasteiger partial charge in [-0.3, -0.25) is 14.9 Å². The van der Waals surface area contributed by atoms with Crippen molar-refractivity contribution in [3.63, 3.8) is 0 Å². The molecule has 0 aromatic heterocycles. The Balaban J connectivity index is 3.17. The van der Waals surface area contributed by atoms with E-state index in [1.165, 1.54) is 30.1 Å². The predicted octanol–water partition coefficient (Wildman–Crippen LogP) is 1.77. The van der Waals surface area contributed by atoms with Gasteiger partial charge in [-0.15, -0.1) is 0 Å². The maximum Gasteiger partial charge on any atom is 0.323 e. The molecular weight excluding hydrogens is 236 g/mol. The number of para-hydroxylation sites is 1. The Morgan fingerprint density at radius 3 is 2.75 bits per heavy atom. The van der Waals surface area contributed by atoms with Gasteiger partial charge in [0.25, 0.3) is 0 Å². The molecule has 1 aromatic carbocycles. The lowest BCUT2D eigenvalue weighted by atomic mass is 10.2. The highest BCUT2D eigenvalue weighted by molar-refractivity contribution is 6.33. The fourth-order valence-electron chi connectivity index (χ4n) is 1.28. The molecule has 1 N–H and O–H groups in total. The van der Waals surface area contributed by atoms with E-state index in [-0.39, 0.29) is 22.9 Å². The van der Waals surface area contributed by atoms with Gasteiger partial charge in [-0.1, -0.05) is 17.7 Å². The van der Waals surface area contributed by atoms with Crippen molar-refractivity contribution in [1.82, 2.24) is 0 Å². The minimum atomic E-state index is -1.07. The van der Waals surface area contributed by atoms with Gasteiger partial charge in [-0.2, -0.15) is 0 Å². The number of benzene rings is 1. The molecule has 86 valence electrons. The molecule has 0 aliphatic heterocycles. The van der Waals surface area contributed by atoms with E-state index in [1.807, 2.05) is 0 Å². The molecule has 0 heterocycles. The van der Waals surface area contributed by atoms with Crippen molar-refractivity contribution >= 4 is 28.9 Å². The molecule has 1 aromatic rings. The molecule has 7 heteroatoms. The number of carbonyl (C=O) groups is 1. The first-order valence-electron chi connectivity index (χ1n) is 4.29. The molecule has 0 aliphatic carbocycles. The number of rotatable bonds is 4. The lowest BCUT2D eigenvalue weighted by molar-refractivity contribution is -0.384. The van der Waals surface area contributed by atoms with Crippen LogP contribution in [0.3, 0.4) is 0 Å². The van der Waals surface area contributed by atoms with Crippen LogP contribution in [0, 0.1) is 10.1 Å². The Kier molecular flexibility index (Phi) is 3.68. The van der Waals surface area contributed by atoms with Crippen molar-refractivity contribution in [2.45, 2.75) is 0 Å². The number of anilines is 1. The zero-order valence-corrected chi connectivity index (χ0v) is 9.14. The van der Waals surface area contributed by atoms with E-state index >= 15 is 0 Å². The van der Waals surface area contributed by atoms with Crippen LogP contribution in [0.1, 0.15) is 0 Å². The first-order chi connectivity index (χ1) is 7.43. The van der Waals surface area contributed by atoms with Gasteiger partial charge < -0.3 is 10.0 Å². The summed E-state index contributed by atoms with van der Waals surface area (Å²) in [6, 6.07) is 4.37. The molecule has 0 amide bonds. The molecule has 0 saturated carbocycles. The molecule has 0 radical (unpaired) electrons. The molecule has 0 unspecified atom stereocenters. The number of hydrogen-bond donors (Lipinski definition) is 1. The molecule has 0 aliphatic rings. The normalized spacial score (nSPS) is 9.88. The van der Waals surface area contributed by atoms with E-state index in [0.29, 0.717) is 0 Å². The zero-order chi connectivity index (χ0) is 12.3. The Morgan fingerprint density at radius 2 is 2.25 bits per heavy atom. The number of nitro groups is 1. The van der Waals surface area contributed by atoms with E-state index in [2.05, 4.69) is 0 Å². The van der Waals surface area contributed by atoms with Crippen LogP contribution in [0.4, 0.5) is 11.4 Å². The second-order valence-corrected chi connectivity index (χ2v) is 3.52. The third-order valence-electron chi connectivity index (χ3n) is 1.93. The summed E-state index contributed by atoms with van der Waals surface area (Å²) >= 11 is 5.69. The number of likely N-dealkylation sites (N-methyl/N-ethyl adjacent to an activating group) is 1. The van der Waals surface area contributed by atoms with Gasteiger partial charge in [-0.25, -0.2) is 0 Å². The SMILES string of the molecule is CN(CC(=O)O)c1cccc(Cl)c1[N+](=O)[O-]. The van der Waals surface area contributed by atoms with E-state index in [9.17, 15) is 14.9 Å². The molecule has 6 nitrogen and oxygen atoms in total. The maximum atomic E-state index is 10.8. The largest absolute Gasteiger partial charge is 0.480 e. The van der Waals surface area contributed by atoms with Crippen LogP contribution in [0.2, 0.25) is 5.02 Å². The Hall–Kier alpha value is -1.82. The van der Waals surface area contributed by atoms with Crippen LogP contribution in [0.5, 0.6) is 0 Å². The third-order valence-corrected chi connectivity index (χ3v) is 2.24. The summed E-state index contributed by atoms with van der Waals surface area (Å²) in [6.07, 6.45) is 0. The topological polar surface area (TPSA) is 83.7 Å². The summed E-state index contributed by atoms with van der Waals surface area (Å²) in [7, 11) is 1.45. The van der Waals surface area contributed by atoms with Gasteiger partial charge in [0.15, 0.2) is 0 Å². The molecule has 0 atom stereocenters. The average molecular weight is 245 g/mol. The quantitative estimate of drug-likeness (QED) is 0.645. The summed E-state index contributed by atoms with van der Waals surface area (Å²) in [4.78, 5) is 21.9. The smallest absolute Gasteiger partial charge is 0.323 e. The minimum absolute atomic E-state index is 0.0141. The van der Waals surface area contributed by atoms with E-state index in [1.54, 1.807) is 0 Å². The van der Waals surface area contributed by atoms with Crippen molar-refractivity contribution in [1.29, 1.82) is 0 Å². The predicted molar refractivity (Wildman–Crippen MR) is 59.0 cm³/mol. The highest BCUT2D eigenvalue weighted by atomic mass is 35.5. The molecular formula is C9H9ClN2O4. The first-order valence-corrected chi connectivity index (χ1v) is 4.67. The van der Waals surface area contributed by atoms with Gasteiger partial charge in [0.05, 0.1) is 4.92 Å². The van der Waals surface area contributed by atoms with Crippen LogP contribution in [0.25, 0.3) is 0 Å². The standard InChI is InChI=1S/C9H9ClN2O4/c1-11(5-8(13)14)7-4-2-3-6(10)9(7)12(15)16/h2-4H,5H2,1H3,(H,13,14). The molecule has 16 heavy (non-hydrogen) atoms. The minimum Gasteiger partial charge on any atom is -0.480 e. The van der Waals surface area contributed by atoms with Crippen LogP contribution in [0.15, 0.2) is 18.2 Å². The van der Waals surface area contributed by atoms with Crippen LogP contribution in [-0.4, -0.2) is 29.6 Å². The van der Waals surface area contributed by atoms with Crippen LogP contribution in [-0.2, 0) is 4.79 Å². The van der Waals surface area contributed by atoms with E-state index in [0.717, 1.165) is 0 Å². The van der Waals surface area contributed by atoms with Gasteiger partial charge in [0.1, 0.15) is 17.3 Å². The van der Waals surface area contributed by atoms with E-state index in [4.69, 9.17) is 16.7 Å². The number of nitrogens with zero attached hydrogens (tertiary/aromatic N) is 2. The number of carboxylic acids is 1. The number of carboxylic acid groups (broad SMARTS) is 1.